The molecule has 0 heterocycles. The van der Waals surface area contributed by atoms with Crippen LogP contribution in [0.3, 0.4) is 0 Å². The lowest BCUT2D eigenvalue weighted by atomic mass is 10.2. The molecule has 122 valence electrons. The number of hydrogen-bond acceptors (Lipinski definition) is 5. The Kier molecular flexibility index (Phi) is 5.02. The van der Waals surface area contributed by atoms with E-state index in [-0.39, 0.29) is 10.6 Å². The Morgan fingerprint density at radius 3 is 2.61 bits per heavy atom. The van der Waals surface area contributed by atoms with Gasteiger partial charge < -0.3 is 9.84 Å². The summed E-state index contributed by atoms with van der Waals surface area (Å²) in [5.41, 5.74) is 1.57. The molecule has 0 bridgehead atoms. The highest BCUT2D eigenvalue weighted by Crippen LogP contribution is 2.24. The zero-order chi connectivity index (χ0) is 17.0. The minimum Gasteiger partial charge on any atom is -0.507 e. The summed E-state index contributed by atoms with van der Waals surface area (Å²) < 4.78 is 31.3. The Labute approximate surface area is 135 Å². The van der Waals surface area contributed by atoms with E-state index < -0.39 is 10.0 Å². The number of sulfonamides is 1. The van der Waals surface area contributed by atoms with Crippen molar-refractivity contribution in [3.05, 3.63) is 47.5 Å². The largest absolute Gasteiger partial charge is 0.507 e. The third kappa shape index (κ3) is 3.88. The van der Waals surface area contributed by atoms with Crippen LogP contribution in [0.4, 0.5) is 5.69 Å². The van der Waals surface area contributed by atoms with Gasteiger partial charge in [-0.2, -0.15) is 0 Å². The molecule has 2 N–H and O–H groups in total. The molecule has 0 amide bonds. The molecule has 0 saturated heterocycles. The molecule has 0 aliphatic rings. The lowest BCUT2D eigenvalue weighted by Crippen LogP contribution is -2.19. The molecule has 2 aromatic carbocycles. The SMILES string of the molecule is CNS(=O)(=O)c1cc(N=Cc2cc(OC)ccc2O)ccc1C. The molecule has 23 heavy (non-hydrogen) atoms. The lowest BCUT2D eigenvalue weighted by Gasteiger charge is -2.07. The molecule has 0 aliphatic heterocycles. The van der Waals surface area contributed by atoms with Crippen LogP contribution in [0.5, 0.6) is 11.5 Å². The zero-order valence-electron chi connectivity index (χ0n) is 13.1. The second kappa shape index (κ2) is 6.80. The van der Waals surface area contributed by atoms with Gasteiger partial charge in [0.1, 0.15) is 11.5 Å². The molecule has 0 atom stereocenters. The topological polar surface area (TPSA) is 88.0 Å². The molecule has 0 unspecified atom stereocenters. The van der Waals surface area contributed by atoms with Gasteiger partial charge in [0, 0.05) is 11.8 Å². The second-order valence-corrected chi connectivity index (χ2v) is 6.70. The van der Waals surface area contributed by atoms with E-state index in [1.807, 2.05) is 0 Å². The number of phenolic OH excluding ortho intramolecular Hbond substituents is 1. The van der Waals surface area contributed by atoms with E-state index in [0.717, 1.165) is 0 Å². The summed E-state index contributed by atoms with van der Waals surface area (Å²) >= 11 is 0. The Morgan fingerprint density at radius 2 is 1.96 bits per heavy atom. The molecule has 7 heteroatoms. The average Bonchev–Trinajstić information content (AvgIpc) is 2.55. The molecule has 2 rings (SSSR count). The maximum Gasteiger partial charge on any atom is 0.240 e. The van der Waals surface area contributed by atoms with Gasteiger partial charge in [-0.25, -0.2) is 13.1 Å². The summed E-state index contributed by atoms with van der Waals surface area (Å²) in [6.07, 6.45) is 1.46. The van der Waals surface area contributed by atoms with Crippen LogP contribution < -0.4 is 9.46 Å². The van der Waals surface area contributed by atoms with Gasteiger partial charge in [-0.05, 0) is 49.9 Å². The van der Waals surface area contributed by atoms with Gasteiger partial charge in [-0.15, -0.1) is 0 Å². The predicted molar refractivity (Wildman–Crippen MR) is 89.3 cm³/mol. The number of aryl methyl sites for hydroxylation is 1. The van der Waals surface area contributed by atoms with Gasteiger partial charge in [0.05, 0.1) is 17.7 Å². The quantitative estimate of drug-likeness (QED) is 0.822. The molecule has 0 aromatic heterocycles. The van der Waals surface area contributed by atoms with Crippen molar-refractivity contribution in [1.82, 2.24) is 4.72 Å². The summed E-state index contributed by atoms with van der Waals surface area (Å²) in [7, 11) is -0.656. The molecule has 0 aliphatic carbocycles. The molecule has 0 saturated carbocycles. The van der Waals surface area contributed by atoms with Crippen LogP contribution >= 0.6 is 0 Å². The Balaban J connectivity index is 2.39. The molecule has 0 spiro atoms. The first kappa shape index (κ1) is 17.0. The van der Waals surface area contributed by atoms with Gasteiger partial charge in [0.15, 0.2) is 0 Å². The number of methoxy groups -OCH3 is 1. The first-order valence-electron chi connectivity index (χ1n) is 6.82. The fraction of sp³-hybridized carbons (Fsp3) is 0.188. The molecule has 6 nitrogen and oxygen atoms in total. The highest BCUT2D eigenvalue weighted by Gasteiger charge is 2.14. The van der Waals surface area contributed by atoms with Gasteiger partial charge in [0.2, 0.25) is 10.0 Å². The van der Waals surface area contributed by atoms with Gasteiger partial charge in [0.25, 0.3) is 0 Å². The second-order valence-electron chi connectivity index (χ2n) is 4.84. The van der Waals surface area contributed by atoms with E-state index in [9.17, 15) is 13.5 Å². The standard InChI is InChI=1S/C16H18N2O4S/c1-11-4-5-13(9-16(11)23(20,21)17-2)18-10-12-8-14(22-3)6-7-15(12)19/h4-10,17,19H,1-3H3. The molecular weight excluding hydrogens is 316 g/mol. The number of benzene rings is 2. The van der Waals surface area contributed by atoms with Crippen molar-refractivity contribution in [2.75, 3.05) is 14.2 Å². The van der Waals surface area contributed by atoms with E-state index in [1.165, 1.54) is 32.5 Å². The van der Waals surface area contributed by atoms with Crippen LogP contribution in [-0.4, -0.2) is 33.9 Å². The maximum atomic E-state index is 12.0. The highest BCUT2D eigenvalue weighted by molar-refractivity contribution is 7.89. The summed E-state index contributed by atoms with van der Waals surface area (Å²) in [4.78, 5) is 4.40. The third-order valence-electron chi connectivity index (χ3n) is 3.32. The molecular formula is C16H18N2O4S. The third-order valence-corrected chi connectivity index (χ3v) is 4.87. The van der Waals surface area contributed by atoms with E-state index in [4.69, 9.17) is 4.74 Å². The van der Waals surface area contributed by atoms with Crippen molar-refractivity contribution in [3.8, 4) is 11.5 Å². The van der Waals surface area contributed by atoms with Crippen LogP contribution in [0.15, 0.2) is 46.3 Å². The molecule has 2 aromatic rings. The van der Waals surface area contributed by atoms with Gasteiger partial charge in [-0.3, -0.25) is 4.99 Å². The zero-order valence-corrected chi connectivity index (χ0v) is 13.9. The fourth-order valence-corrected chi connectivity index (χ4v) is 2.96. The van der Waals surface area contributed by atoms with Crippen molar-refractivity contribution < 1.29 is 18.3 Å². The van der Waals surface area contributed by atoms with Crippen LogP contribution in [0.25, 0.3) is 0 Å². The van der Waals surface area contributed by atoms with Crippen molar-refractivity contribution in [2.45, 2.75) is 11.8 Å². The molecule has 0 fully saturated rings. The van der Waals surface area contributed by atoms with Crippen molar-refractivity contribution in [3.63, 3.8) is 0 Å². The first-order valence-corrected chi connectivity index (χ1v) is 8.31. The average molecular weight is 334 g/mol. The number of rotatable bonds is 5. The van der Waals surface area contributed by atoms with Crippen molar-refractivity contribution in [1.29, 1.82) is 0 Å². The fourth-order valence-electron chi connectivity index (χ4n) is 1.98. The number of aliphatic imine (C=N–C) groups is 1. The normalized spacial score (nSPS) is 11.8. The molecule has 0 radical (unpaired) electrons. The number of phenols is 1. The number of ether oxygens (including phenoxy) is 1. The maximum absolute atomic E-state index is 12.0. The number of nitrogens with zero attached hydrogens (tertiary/aromatic N) is 1. The van der Waals surface area contributed by atoms with Gasteiger partial charge >= 0.3 is 0 Å². The van der Waals surface area contributed by atoms with Crippen LogP contribution in [0, 0.1) is 6.92 Å². The smallest absolute Gasteiger partial charge is 0.240 e. The van der Waals surface area contributed by atoms with E-state index >= 15 is 0 Å². The minimum atomic E-state index is -3.55. The van der Waals surface area contributed by atoms with E-state index in [1.54, 1.807) is 31.2 Å². The first-order chi connectivity index (χ1) is 10.9. The van der Waals surface area contributed by atoms with Crippen LogP contribution in [0.1, 0.15) is 11.1 Å². The number of nitrogens with one attached hydrogen (secondary N) is 1. The van der Waals surface area contributed by atoms with Crippen LogP contribution in [-0.2, 0) is 10.0 Å². The van der Waals surface area contributed by atoms with E-state index in [2.05, 4.69) is 9.71 Å². The van der Waals surface area contributed by atoms with Crippen molar-refractivity contribution in [2.24, 2.45) is 4.99 Å². The van der Waals surface area contributed by atoms with Gasteiger partial charge in [-0.1, -0.05) is 6.07 Å². The Morgan fingerprint density at radius 1 is 1.22 bits per heavy atom. The Hall–Kier alpha value is -2.38. The minimum absolute atomic E-state index is 0.0599. The summed E-state index contributed by atoms with van der Waals surface area (Å²) in [5, 5.41) is 9.82. The number of aromatic hydroxyl groups is 1. The lowest BCUT2D eigenvalue weighted by molar-refractivity contribution is 0.412. The monoisotopic (exact) mass is 334 g/mol. The van der Waals surface area contributed by atoms with Crippen LogP contribution in [0.2, 0.25) is 0 Å². The number of hydrogen-bond donors (Lipinski definition) is 2. The van der Waals surface area contributed by atoms with Crippen molar-refractivity contribution >= 4 is 21.9 Å². The Bertz CT molecular complexity index is 845. The summed E-state index contributed by atoms with van der Waals surface area (Å²) in [5.74, 6) is 0.649. The summed E-state index contributed by atoms with van der Waals surface area (Å²) in [6, 6.07) is 9.65. The summed E-state index contributed by atoms with van der Waals surface area (Å²) in [6.45, 7) is 1.71. The highest BCUT2D eigenvalue weighted by atomic mass is 32.2. The van der Waals surface area contributed by atoms with E-state index in [0.29, 0.717) is 22.6 Å². The predicted octanol–water partition coefficient (Wildman–Crippen LogP) is 2.37.